The molecule has 0 N–H and O–H groups in total. The third-order valence-corrected chi connectivity index (χ3v) is 4.84. The Morgan fingerprint density at radius 3 is 1.53 bits per heavy atom. The van der Waals surface area contributed by atoms with Crippen LogP contribution in [0.5, 0.6) is 0 Å². The topological polar surface area (TPSA) is 0 Å². The predicted octanol–water partition coefficient (Wildman–Crippen LogP) is 7.71. The van der Waals surface area contributed by atoms with Gasteiger partial charge in [-0.25, -0.2) is 0 Å². The third kappa shape index (κ3) is 8.67. The Labute approximate surface area is 180 Å². The molecule has 0 spiro atoms. The van der Waals surface area contributed by atoms with E-state index in [0.717, 1.165) is 19.3 Å². The molecule has 0 aliphatic heterocycles. The molecule has 0 saturated heterocycles. The second-order valence-corrected chi connectivity index (χ2v) is 7.44. The van der Waals surface area contributed by atoms with Crippen LogP contribution in [-0.4, -0.2) is 0 Å². The van der Waals surface area contributed by atoms with Crippen LogP contribution in [-0.2, 0) is 12.8 Å². The van der Waals surface area contributed by atoms with Gasteiger partial charge in [-0.3, -0.25) is 0 Å². The van der Waals surface area contributed by atoms with E-state index in [-0.39, 0.29) is 0 Å². The van der Waals surface area contributed by atoms with Gasteiger partial charge in [0.25, 0.3) is 0 Å². The standard InChI is InChI=1S/C28H30F2/c1-3-5-6-7-8-10-24-13-17-26(18-14-24)20-22-28(30)27(29)21-19-25-15-11-23(9-4-2)12-16-25/h11-18H,3-10H2,1-2H3/b28-27+. The monoisotopic (exact) mass is 404 g/mol. The van der Waals surface area contributed by atoms with Gasteiger partial charge < -0.3 is 0 Å². The van der Waals surface area contributed by atoms with E-state index in [2.05, 4.69) is 37.5 Å². The van der Waals surface area contributed by atoms with E-state index in [9.17, 15) is 8.78 Å². The number of unbranched alkanes of at least 4 members (excludes halogenated alkanes) is 4. The fraction of sp³-hybridized carbons (Fsp3) is 0.357. The van der Waals surface area contributed by atoms with Gasteiger partial charge in [-0.1, -0.05) is 82.1 Å². The zero-order valence-corrected chi connectivity index (χ0v) is 18.0. The summed E-state index contributed by atoms with van der Waals surface area (Å²) in [6, 6.07) is 15.3. The Kier molecular flexibility index (Phi) is 10.5. The largest absolute Gasteiger partial charge is 0.217 e. The summed E-state index contributed by atoms with van der Waals surface area (Å²) in [6.45, 7) is 4.32. The summed E-state index contributed by atoms with van der Waals surface area (Å²) in [7, 11) is 0. The first kappa shape index (κ1) is 23.4. The minimum absolute atomic E-state index is 0.649. The van der Waals surface area contributed by atoms with Crippen LogP contribution in [0.25, 0.3) is 0 Å². The average molecular weight is 405 g/mol. The highest BCUT2D eigenvalue weighted by Gasteiger charge is 2.00. The normalized spacial score (nSPS) is 11.1. The lowest BCUT2D eigenvalue weighted by atomic mass is 10.0. The third-order valence-electron chi connectivity index (χ3n) is 4.84. The van der Waals surface area contributed by atoms with Gasteiger partial charge in [0, 0.05) is 11.1 Å². The lowest BCUT2D eigenvalue weighted by molar-refractivity contribution is 0.584. The first-order valence-electron chi connectivity index (χ1n) is 10.9. The van der Waals surface area contributed by atoms with Crippen LogP contribution in [0.1, 0.15) is 74.6 Å². The van der Waals surface area contributed by atoms with Crippen molar-refractivity contribution in [3.63, 3.8) is 0 Å². The van der Waals surface area contributed by atoms with Crippen molar-refractivity contribution in [1.82, 2.24) is 0 Å². The molecule has 30 heavy (non-hydrogen) atoms. The second-order valence-electron chi connectivity index (χ2n) is 7.44. The fourth-order valence-electron chi connectivity index (χ4n) is 3.09. The predicted molar refractivity (Wildman–Crippen MR) is 122 cm³/mol. The van der Waals surface area contributed by atoms with Crippen molar-refractivity contribution in [3.05, 3.63) is 82.4 Å². The van der Waals surface area contributed by atoms with E-state index in [0.29, 0.717) is 11.1 Å². The molecular formula is C28H30F2. The summed E-state index contributed by atoms with van der Waals surface area (Å²) in [4.78, 5) is 0. The average Bonchev–Trinajstić information content (AvgIpc) is 2.77. The molecule has 0 bridgehead atoms. The summed E-state index contributed by atoms with van der Waals surface area (Å²) in [5, 5.41) is 0. The van der Waals surface area contributed by atoms with Crippen molar-refractivity contribution in [2.24, 2.45) is 0 Å². The minimum Gasteiger partial charge on any atom is -0.193 e. The van der Waals surface area contributed by atoms with E-state index in [1.54, 1.807) is 0 Å². The quantitative estimate of drug-likeness (QED) is 0.312. The minimum atomic E-state index is -1.14. The second kappa shape index (κ2) is 13.4. The van der Waals surface area contributed by atoms with Crippen molar-refractivity contribution in [1.29, 1.82) is 0 Å². The summed E-state index contributed by atoms with van der Waals surface area (Å²) in [6.07, 6.45) is 9.33. The molecule has 0 aliphatic carbocycles. The maximum atomic E-state index is 13.9. The fourth-order valence-corrected chi connectivity index (χ4v) is 3.09. The van der Waals surface area contributed by atoms with Crippen LogP contribution < -0.4 is 0 Å². The van der Waals surface area contributed by atoms with Crippen molar-refractivity contribution < 1.29 is 8.78 Å². The summed E-state index contributed by atoms with van der Waals surface area (Å²) < 4.78 is 27.8. The van der Waals surface area contributed by atoms with Crippen molar-refractivity contribution in [2.75, 3.05) is 0 Å². The molecule has 2 rings (SSSR count). The Bertz CT molecular complexity index is 927. The summed E-state index contributed by atoms with van der Waals surface area (Å²) in [5.41, 5.74) is 3.76. The Morgan fingerprint density at radius 2 is 1.07 bits per heavy atom. The van der Waals surface area contributed by atoms with E-state index < -0.39 is 11.7 Å². The zero-order chi connectivity index (χ0) is 21.6. The molecule has 0 aromatic heterocycles. The molecule has 2 aromatic rings. The first-order chi connectivity index (χ1) is 14.6. The molecular weight excluding hydrogens is 374 g/mol. The van der Waals surface area contributed by atoms with Gasteiger partial charge >= 0.3 is 0 Å². The smallest absolute Gasteiger partial charge is 0.193 e. The molecule has 2 heteroatoms. The molecule has 0 saturated carbocycles. The molecule has 0 nitrogen and oxygen atoms in total. The summed E-state index contributed by atoms with van der Waals surface area (Å²) >= 11 is 0. The Balaban J connectivity index is 1.93. The molecule has 2 aromatic carbocycles. The molecule has 0 aliphatic rings. The van der Waals surface area contributed by atoms with E-state index >= 15 is 0 Å². The SMILES string of the molecule is CCCCCCCc1ccc(C#C/C(F)=C(\F)C#Cc2ccc(CCC)cc2)cc1. The van der Waals surface area contributed by atoms with E-state index in [1.807, 2.05) is 48.5 Å². The lowest BCUT2D eigenvalue weighted by Crippen LogP contribution is -1.86. The maximum Gasteiger partial charge on any atom is 0.217 e. The molecule has 0 radical (unpaired) electrons. The molecule has 156 valence electrons. The maximum absolute atomic E-state index is 13.9. The van der Waals surface area contributed by atoms with Crippen LogP contribution in [0.3, 0.4) is 0 Å². The van der Waals surface area contributed by atoms with Gasteiger partial charge in [0.15, 0.2) is 0 Å². The number of rotatable bonds is 8. The highest BCUT2D eigenvalue weighted by atomic mass is 19.2. The van der Waals surface area contributed by atoms with E-state index in [4.69, 9.17) is 0 Å². The Morgan fingerprint density at radius 1 is 0.600 bits per heavy atom. The highest BCUT2D eigenvalue weighted by molar-refractivity contribution is 5.45. The highest BCUT2D eigenvalue weighted by Crippen LogP contribution is 2.12. The Hall–Kier alpha value is -2.84. The van der Waals surface area contributed by atoms with Crippen LogP contribution in [0.2, 0.25) is 0 Å². The van der Waals surface area contributed by atoms with Crippen LogP contribution in [0.15, 0.2) is 60.2 Å². The van der Waals surface area contributed by atoms with Crippen molar-refractivity contribution >= 4 is 0 Å². The van der Waals surface area contributed by atoms with Gasteiger partial charge in [-0.2, -0.15) is 8.78 Å². The molecule has 0 heterocycles. The summed E-state index contributed by atoms with van der Waals surface area (Å²) in [5.74, 6) is 7.49. The van der Waals surface area contributed by atoms with Gasteiger partial charge in [0.2, 0.25) is 11.7 Å². The van der Waals surface area contributed by atoms with Gasteiger partial charge in [0.1, 0.15) is 0 Å². The zero-order valence-electron chi connectivity index (χ0n) is 18.0. The lowest BCUT2D eigenvalue weighted by Gasteiger charge is -2.01. The molecule has 0 fully saturated rings. The van der Waals surface area contributed by atoms with Crippen LogP contribution in [0, 0.1) is 23.7 Å². The molecule has 0 amide bonds. The number of hydrogen-bond donors (Lipinski definition) is 0. The number of allylic oxidation sites excluding steroid dienone is 2. The number of halogens is 2. The first-order valence-corrected chi connectivity index (χ1v) is 10.9. The van der Waals surface area contributed by atoms with Crippen LogP contribution in [0.4, 0.5) is 8.78 Å². The number of hydrogen-bond acceptors (Lipinski definition) is 0. The van der Waals surface area contributed by atoms with Crippen molar-refractivity contribution in [2.45, 2.75) is 65.2 Å². The molecule has 0 unspecified atom stereocenters. The van der Waals surface area contributed by atoms with E-state index in [1.165, 1.54) is 43.2 Å². The molecule has 0 atom stereocenters. The van der Waals surface area contributed by atoms with Gasteiger partial charge in [-0.15, -0.1) is 0 Å². The van der Waals surface area contributed by atoms with Crippen molar-refractivity contribution in [3.8, 4) is 23.7 Å². The van der Waals surface area contributed by atoms with Crippen LogP contribution >= 0.6 is 0 Å². The van der Waals surface area contributed by atoms with Gasteiger partial charge in [-0.05, 0) is 66.5 Å². The number of benzene rings is 2. The van der Waals surface area contributed by atoms with Gasteiger partial charge in [0.05, 0.1) is 0 Å². The number of aryl methyl sites for hydroxylation is 2.